The van der Waals surface area contributed by atoms with Crippen LogP contribution in [0.1, 0.15) is 50.5 Å². The summed E-state index contributed by atoms with van der Waals surface area (Å²) in [6.45, 7) is 8.69. The van der Waals surface area contributed by atoms with Gasteiger partial charge in [0, 0.05) is 5.54 Å². The molecule has 168 valence electrons. The van der Waals surface area contributed by atoms with Crippen LogP contribution in [0.4, 0.5) is 0 Å². The van der Waals surface area contributed by atoms with E-state index in [-0.39, 0.29) is 16.9 Å². The molecule has 0 unspecified atom stereocenters. The zero-order valence-corrected chi connectivity index (χ0v) is 19.4. The van der Waals surface area contributed by atoms with Gasteiger partial charge in [0.2, 0.25) is 0 Å². The van der Waals surface area contributed by atoms with Crippen molar-refractivity contribution in [2.24, 2.45) is 0 Å². The summed E-state index contributed by atoms with van der Waals surface area (Å²) in [7, 11) is -3.98. The second kappa shape index (κ2) is 6.90. The van der Waals surface area contributed by atoms with Crippen LogP contribution in [0.15, 0.2) is 56.9 Å². The van der Waals surface area contributed by atoms with Crippen LogP contribution in [0.2, 0.25) is 0 Å². The lowest BCUT2D eigenvalue weighted by Gasteiger charge is -2.34. The number of carbonyl (C=O) groups excluding carboxylic acids is 1. The molecule has 1 N–H and O–H groups in total. The van der Waals surface area contributed by atoms with Crippen LogP contribution in [0.3, 0.4) is 0 Å². The van der Waals surface area contributed by atoms with E-state index in [0.29, 0.717) is 16.5 Å². The lowest BCUT2D eigenvalue weighted by atomic mass is 9.93. The van der Waals surface area contributed by atoms with Gasteiger partial charge >= 0.3 is 5.69 Å². The molecular weight excluding hydrogens is 430 g/mol. The summed E-state index contributed by atoms with van der Waals surface area (Å²) in [5, 5.41) is 0.360. The Balaban J connectivity index is 1.76. The molecule has 0 bridgehead atoms. The quantitative estimate of drug-likeness (QED) is 0.653. The van der Waals surface area contributed by atoms with Gasteiger partial charge in [-0.15, -0.1) is 0 Å². The Morgan fingerprint density at radius 2 is 1.59 bits per heavy atom. The molecule has 2 heterocycles. The van der Waals surface area contributed by atoms with Gasteiger partial charge in [0.1, 0.15) is 4.90 Å². The number of hydrogen-bond donors (Lipinski definition) is 1. The number of aromatic amines is 1. The fourth-order valence-corrected chi connectivity index (χ4v) is 6.25. The SMILES string of the molecule is CC(C)(Cc1ccc2c(=O)n(C(C)(C)C)c(=O)[nH]c2c1)N1C(=O)c2ccccc2S1(=O)=O. The number of benzene rings is 2. The number of amides is 1. The highest BCUT2D eigenvalue weighted by Gasteiger charge is 2.48. The Morgan fingerprint density at radius 3 is 2.22 bits per heavy atom. The molecule has 0 atom stereocenters. The monoisotopic (exact) mass is 455 g/mol. The average molecular weight is 456 g/mol. The summed E-state index contributed by atoms with van der Waals surface area (Å²) < 4.78 is 28.3. The Bertz CT molecular complexity index is 1490. The zero-order valence-electron chi connectivity index (χ0n) is 18.6. The smallest absolute Gasteiger partial charge is 0.307 e. The Labute approximate surface area is 185 Å². The summed E-state index contributed by atoms with van der Waals surface area (Å²) in [5.41, 5.74) is -1.46. The van der Waals surface area contributed by atoms with Gasteiger partial charge in [0.25, 0.3) is 21.5 Å². The topological polar surface area (TPSA) is 109 Å². The predicted octanol–water partition coefficient (Wildman–Crippen LogP) is 2.61. The predicted molar refractivity (Wildman–Crippen MR) is 121 cm³/mol. The third-order valence-electron chi connectivity index (χ3n) is 5.64. The van der Waals surface area contributed by atoms with Gasteiger partial charge in [-0.05, 0) is 70.9 Å². The molecule has 32 heavy (non-hydrogen) atoms. The molecule has 0 saturated heterocycles. The first-order chi connectivity index (χ1) is 14.7. The first-order valence-electron chi connectivity index (χ1n) is 10.2. The van der Waals surface area contributed by atoms with E-state index < -0.39 is 38.3 Å². The molecule has 0 saturated carbocycles. The van der Waals surface area contributed by atoms with Crippen molar-refractivity contribution in [1.29, 1.82) is 0 Å². The van der Waals surface area contributed by atoms with E-state index in [9.17, 15) is 22.8 Å². The molecule has 0 spiro atoms. The van der Waals surface area contributed by atoms with Crippen LogP contribution in [-0.2, 0) is 22.0 Å². The number of nitrogens with zero attached hydrogens (tertiary/aromatic N) is 2. The van der Waals surface area contributed by atoms with Crippen LogP contribution in [0.5, 0.6) is 0 Å². The number of carbonyl (C=O) groups is 1. The maximum Gasteiger partial charge on any atom is 0.329 e. The fraction of sp³-hybridized carbons (Fsp3) is 0.348. The van der Waals surface area contributed by atoms with E-state index in [4.69, 9.17) is 0 Å². The summed E-state index contributed by atoms with van der Waals surface area (Å²) in [4.78, 5) is 41.1. The normalized spacial score (nSPS) is 15.9. The van der Waals surface area contributed by atoms with Gasteiger partial charge in [-0.25, -0.2) is 17.5 Å². The fourth-order valence-electron chi connectivity index (χ4n) is 4.34. The Kier molecular flexibility index (Phi) is 4.74. The summed E-state index contributed by atoms with van der Waals surface area (Å²) in [6, 6.07) is 11.2. The van der Waals surface area contributed by atoms with E-state index in [0.717, 1.165) is 4.31 Å². The highest BCUT2D eigenvalue weighted by molar-refractivity contribution is 7.90. The molecule has 1 aliphatic rings. The third kappa shape index (κ3) is 3.28. The second-order valence-corrected chi connectivity index (χ2v) is 11.4. The molecule has 0 aliphatic carbocycles. The molecule has 9 heteroatoms. The first-order valence-corrected chi connectivity index (χ1v) is 11.7. The van der Waals surface area contributed by atoms with Crippen molar-refractivity contribution in [3.63, 3.8) is 0 Å². The van der Waals surface area contributed by atoms with Gasteiger partial charge in [-0.2, -0.15) is 0 Å². The second-order valence-electron chi connectivity index (χ2n) is 9.68. The molecule has 0 fully saturated rings. The van der Waals surface area contributed by atoms with Crippen molar-refractivity contribution in [3.8, 4) is 0 Å². The summed E-state index contributed by atoms with van der Waals surface area (Å²) >= 11 is 0. The molecule has 1 aliphatic heterocycles. The highest BCUT2D eigenvalue weighted by atomic mass is 32.2. The largest absolute Gasteiger partial charge is 0.329 e. The van der Waals surface area contributed by atoms with Gasteiger partial charge < -0.3 is 4.98 Å². The number of rotatable bonds is 3. The van der Waals surface area contributed by atoms with Gasteiger partial charge in [0.05, 0.1) is 22.0 Å². The van der Waals surface area contributed by atoms with Crippen molar-refractivity contribution in [3.05, 3.63) is 74.4 Å². The van der Waals surface area contributed by atoms with Gasteiger partial charge in [0.15, 0.2) is 0 Å². The maximum atomic E-state index is 13.1. The molecular formula is C23H25N3O5S. The molecule has 1 amide bonds. The maximum absolute atomic E-state index is 13.1. The van der Waals surface area contributed by atoms with E-state index in [1.165, 1.54) is 16.7 Å². The molecule has 8 nitrogen and oxygen atoms in total. The number of nitrogens with one attached hydrogen (secondary N) is 1. The third-order valence-corrected chi connectivity index (χ3v) is 7.69. The standard InChI is InChI=1S/C23H25N3O5S/c1-22(2,3)25-19(27)15-11-10-14(12-17(15)24-21(25)29)13-23(4,5)26-20(28)16-8-6-7-9-18(16)32(26,30)31/h6-12H,13H2,1-5H3,(H,24,29). The minimum absolute atomic E-state index is 0.00338. The van der Waals surface area contributed by atoms with Crippen LogP contribution in [-0.4, -0.2) is 33.7 Å². The van der Waals surface area contributed by atoms with Crippen LogP contribution < -0.4 is 11.2 Å². The number of H-pyrrole nitrogens is 1. The average Bonchev–Trinajstić information content (AvgIpc) is 2.86. The number of aromatic nitrogens is 2. The van der Waals surface area contributed by atoms with E-state index >= 15 is 0 Å². The van der Waals surface area contributed by atoms with Gasteiger partial charge in [-0.1, -0.05) is 18.2 Å². The Hall–Kier alpha value is -3.20. The van der Waals surface area contributed by atoms with Crippen LogP contribution in [0.25, 0.3) is 10.9 Å². The first kappa shape index (κ1) is 22.0. The molecule has 0 radical (unpaired) electrons. The number of sulfonamides is 1. The van der Waals surface area contributed by atoms with Crippen LogP contribution in [0, 0.1) is 0 Å². The summed E-state index contributed by atoms with van der Waals surface area (Å²) in [6.07, 6.45) is 0.201. The van der Waals surface area contributed by atoms with Crippen LogP contribution >= 0.6 is 0 Å². The minimum Gasteiger partial charge on any atom is -0.307 e. The Morgan fingerprint density at radius 1 is 0.938 bits per heavy atom. The highest BCUT2D eigenvalue weighted by Crippen LogP contribution is 2.37. The summed E-state index contributed by atoms with van der Waals surface area (Å²) in [5.74, 6) is -0.562. The number of fused-ring (bicyclic) bond motifs is 2. The molecule has 2 aromatic carbocycles. The number of hydrogen-bond acceptors (Lipinski definition) is 5. The van der Waals surface area contributed by atoms with E-state index in [1.54, 1.807) is 65.0 Å². The van der Waals surface area contributed by atoms with E-state index in [1.807, 2.05) is 0 Å². The van der Waals surface area contributed by atoms with Crippen molar-refractivity contribution >= 4 is 26.8 Å². The van der Waals surface area contributed by atoms with E-state index in [2.05, 4.69) is 4.98 Å². The lowest BCUT2D eigenvalue weighted by molar-refractivity contribution is 0.0771. The van der Waals surface area contributed by atoms with Crippen molar-refractivity contribution in [1.82, 2.24) is 13.9 Å². The molecule has 4 rings (SSSR count). The van der Waals surface area contributed by atoms with Crippen molar-refractivity contribution < 1.29 is 13.2 Å². The lowest BCUT2D eigenvalue weighted by Crippen LogP contribution is -2.49. The van der Waals surface area contributed by atoms with Crippen molar-refractivity contribution in [2.45, 2.75) is 57.0 Å². The zero-order chi connectivity index (χ0) is 23.6. The molecule has 1 aromatic heterocycles. The van der Waals surface area contributed by atoms with Gasteiger partial charge in [-0.3, -0.25) is 14.2 Å². The minimum atomic E-state index is -3.98. The van der Waals surface area contributed by atoms with Crippen molar-refractivity contribution in [2.75, 3.05) is 0 Å². The molecule has 3 aromatic rings.